The topological polar surface area (TPSA) is 66.6 Å². The number of carbonyl (C=O) groups is 2. The van der Waals surface area contributed by atoms with E-state index in [1.807, 2.05) is 13.8 Å². The van der Waals surface area contributed by atoms with E-state index >= 15 is 0 Å². The summed E-state index contributed by atoms with van der Waals surface area (Å²) in [6.45, 7) is 5.51. The maximum Gasteiger partial charge on any atom is 0.254 e. The van der Waals surface area contributed by atoms with Crippen LogP contribution < -0.4 is 5.73 Å². The second-order valence-electron chi connectivity index (χ2n) is 4.43. The van der Waals surface area contributed by atoms with Crippen molar-refractivity contribution in [2.45, 2.75) is 13.8 Å². The molecule has 0 spiro atoms. The van der Waals surface area contributed by atoms with Crippen LogP contribution in [0, 0.1) is 11.8 Å². The maximum atomic E-state index is 12.3. The van der Waals surface area contributed by atoms with Crippen LogP contribution in [0.3, 0.4) is 0 Å². The van der Waals surface area contributed by atoms with Gasteiger partial charge in [-0.15, -0.1) is 11.3 Å². The number of hydrogen-bond acceptors (Lipinski definition) is 4. The molecule has 0 saturated heterocycles. The normalized spacial score (nSPS) is 9.71. The van der Waals surface area contributed by atoms with Crippen LogP contribution in [0.5, 0.6) is 0 Å². The van der Waals surface area contributed by atoms with Gasteiger partial charge in [-0.3, -0.25) is 9.59 Å². The third-order valence-electron chi connectivity index (χ3n) is 3.00. The first-order valence-electron chi connectivity index (χ1n) is 6.84. The highest BCUT2D eigenvalue weighted by Gasteiger charge is 2.18. The Balaban J connectivity index is 2.70. The van der Waals surface area contributed by atoms with Gasteiger partial charge in [0.25, 0.3) is 5.91 Å². The van der Waals surface area contributed by atoms with Crippen LogP contribution in [-0.2, 0) is 4.79 Å². The first-order valence-corrected chi connectivity index (χ1v) is 7.72. The molecule has 1 aromatic rings. The van der Waals surface area contributed by atoms with E-state index in [0.29, 0.717) is 25.2 Å². The van der Waals surface area contributed by atoms with Crippen molar-refractivity contribution < 1.29 is 9.59 Å². The standard InChI is InChI=1S/C15H21N3O2S/c1-4-18(5-2)14(19)10-17(3)15(20)12-9-13(21-11-12)7-6-8-16/h9,11H,4-5,8,10,16H2,1-3H3. The van der Waals surface area contributed by atoms with Crippen molar-refractivity contribution in [2.75, 3.05) is 33.2 Å². The van der Waals surface area contributed by atoms with Gasteiger partial charge < -0.3 is 15.5 Å². The lowest BCUT2D eigenvalue weighted by Gasteiger charge is -2.22. The molecule has 0 aliphatic carbocycles. The second-order valence-corrected chi connectivity index (χ2v) is 5.34. The Morgan fingerprint density at radius 1 is 1.33 bits per heavy atom. The highest BCUT2D eigenvalue weighted by atomic mass is 32.1. The zero-order valence-corrected chi connectivity index (χ0v) is 13.5. The Labute approximate surface area is 129 Å². The molecule has 0 fully saturated rings. The van der Waals surface area contributed by atoms with Gasteiger partial charge in [0.05, 0.1) is 23.5 Å². The van der Waals surface area contributed by atoms with Crippen LogP contribution in [0.25, 0.3) is 0 Å². The minimum Gasteiger partial charge on any atom is -0.342 e. The van der Waals surface area contributed by atoms with Crippen LogP contribution in [0.4, 0.5) is 0 Å². The van der Waals surface area contributed by atoms with Crippen molar-refractivity contribution in [1.82, 2.24) is 9.80 Å². The van der Waals surface area contributed by atoms with Crippen LogP contribution >= 0.6 is 11.3 Å². The number of amides is 2. The molecule has 0 atom stereocenters. The van der Waals surface area contributed by atoms with E-state index in [0.717, 1.165) is 4.88 Å². The first-order chi connectivity index (χ1) is 10.0. The number of hydrogen-bond donors (Lipinski definition) is 1. The van der Waals surface area contributed by atoms with Gasteiger partial charge in [0.2, 0.25) is 5.91 Å². The van der Waals surface area contributed by atoms with Crippen LogP contribution in [0.1, 0.15) is 29.1 Å². The van der Waals surface area contributed by atoms with Crippen molar-refractivity contribution in [3.8, 4) is 11.8 Å². The molecule has 0 unspecified atom stereocenters. The molecule has 5 nitrogen and oxygen atoms in total. The molecule has 0 bridgehead atoms. The fourth-order valence-corrected chi connectivity index (χ4v) is 2.57. The lowest BCUT2D eigenvalue weighted by molar-refractivity contribution is -0.131. The number of likely N-dealkylation sites (N-methyl/N-ethyl adjacent to an activating group) is 2. The number of nitrogens with two attached hydrogens (primary N) is 1. The molecule has 2 amide bonds. The molecular weight excluding hydrogens is 286 g/mol. The molecule has 0 aliphatic rings. The van der Waals surface area contributed by atoms with Crippen LogP contribution in [-0.4, -0.2) is 54.8 Å². The zero-order chi connectivity index (χ0) is 15.8. The summed E-state index contributed by atoms with van der Waals surface area (Å²) in [6, 6.07) is 1.73. The molecule has 21 heavy (non-hydrogen) atoms. The minimum absolute atomic E-state index is 0.0470. The van der Waals surface area contributed by atoms with E-state index in [4.69, 9.17) is 5.73 Å². The summed E-state index contributed by atoms with van der Waals surface area (Å²) in [6.07, 6.45) is 0. The molecule has 0 saturated carbocycles. The van der Waals surface area contributed by atoms with E-state index in [9.17, 15) is 9.59 Å². The van der Waals surface area contributed by atoms with E-state index in [1.165, 1.54) is 16.2 Å². The summed E-state index contributed by atoms with van der Waals surface area (Å²) in [4.78, 5) is 28.2. The predicted molar refractivity (Wildman–Crippen MR) is 85.1 cm³/mol. The van der Waals surface area contributed by atoms with E-state index < -0.39 is 0 Å². The predicted octanol–water partition coefficient (Wildman–Crippen LogP) is 0.999. The lowest BCUT2D eigenvalue weighted by Crippen LogP contribution is -2.40. The Kier molecular flexibility index (Phi) is 6.92. The third-order valence-corrected chi connectivity index (χ3v) is 3.84. The average Bonchev–Trinajstić information content (AvgIpc) is 2.94. The number of thiophene rings is 1. The van der Waals surface area contributed by atoms with E-state index in [1.54, 1.807) is 23.4 Å². The summed E-state index contributed by atoms with van der Waals surface area (Å²) in [7, 11) is 1.63. The fraction of sp³-hybridized carbons (Fsp3) is 0.467. The highest BCUT2D eigenvalue weighted by molar-refractivity contribution is 7.10. The van der Waals surface area contributed by atoms with Crippen LogP contribution in [0.2, 0.25) is 0 Å². The number of rotatable bonds is 5. The molecule has 2 N–H and O–H groups in total. The van der Waals surface area contributed by atoms with Gasteiger partial charge in [-0.2, -0.15) is 0 Å². The second kappa shape index (κ2) is 8.45. The van der Waals surface area contributed by atoms with Gasteiger partial charge in [0.1, 0.15) is 0 Å². The summed E-state index contributed by atoms with van der Waals surface area (Å²) >= 11 is 1.40. The molecule has 114 valence electrons. The maximum absolute atomic E-state index is 12.3. The molecule has 0 aliphatic heterocycles. The van der Waals surface area contributed by atoms with Crippen molar-refractivity contribution in [3.05, 3.63) is 21.9 Å². The summed E-state index contributed by atoms with van der Waals surface area (Å²) in [5, 5.41) is 1.75. The van der Waals surface area contributed by atoms with Gasteiger partial charge in [-0.1, -0.05) is 11.8 Å². The van der Waals surface area contributed by atoms with Gasteiger partial charge in [-0.25, -0.2) is 0 Å². The molecule has 1 aromatic heterocycles. The SMILES string of the molecule is CCN(CC)C(=O)CN(C)C(=O)c1csc(C#CCN)c1. The zero-order valence-electron chi connectivity index (χ0n) is 12.7. The summed E-state index contributed by atoms with van der Waals surface area (Å²) in [5.74, 6) is 5.42. The van der Waals surface area contributed by atoms with Gasteiger partial charge in [0, 0.05) is 25.5 Å². The van der Waals surface area contributed by atoms with Gasteiger partial charge in [0.15, 0.2) is 0 Å². The average molecular weight is 307 g/mol. The Bertz CT molecular complexity index is 553. The quantitative estimate of drug-likeness (QED) is 0.825. The largest absolute Gasteiger partial charge is 0.342 e. The van der Waals surface area contributed by atoms with E-state index in [2.05, 4.69) is 11.8 Å². The Morgan fingerprint density at radius 3 is 2.57 bits per heavy atom. The summed E-state index contributed by atoms with van der Waals surface area (Å²) < 4.78 is 0. The van der Waals surface area contributed by atoms with Crippen molar-refractivity contribution in [2.24, 2.45) is 5.73 Å². The lowest BCUT2D eigenvalue weighted by atomic mass is 10.2. The first kappa shape index (κ1) is 17.2. The Morgan fingerprint density at radius 2 is 2.00 bits per heavy atom. The van der Waals surface area contributed by atoms with Gasteiger partial charge in [-0.05, 0) is 19.9 Å². The summed E-state index contributed by atoms with van der Waals surface area (Å²) in [5.41, 5.74) is 5.87. The molecule has 1 heterocycles. The number of carbonyl (C=O) groups excluding carboxylic acids is 2. The molecule has 6 heteroatoms. The molecule has 1 rings (SSSR count). The Hall–Kier alpha value is -1.84. The molecular formula is C15H21N3O2S. The molecule has 0 aromatic carbocycles. The fourth-order valence-electron chi connectivity index (χ4n) is 1.82. The van der Waals surface area contributed by atoms with E-state index in [-0.39, 0.29) is 18.4 Å². The van der Waals surface area contributed by atoms with Crippen molar-refractivity contribution >= 4 is 23.2 Å². The number of nitrogens with zero attached hydrogens (tertiary/aromatic N) is 2. The molecule has 0 radical (unpaired) electrons. The smallest absolute Gasteiger partial charge is 0.254 e. The van der Waals surface area contributed by atoms with Crippen LogP contribution in [0.15, 0.2) is 11.4 Å². The van der Waals surface area contributed by atoms with Crippen molar-refractivity contribution in [3.63, 3.8) is 0 Å². The third kappa shape index (κ3) is 4.88. The minimum atomic E-state index is -0.174. The van der Waals surface area contributed by atoms with Crippen molar-refractivity contribution in [1.29, 1.82) is 0 Å². The monoisotopic (exact) mass is 307 g/mol. The van der Waals surface area contributed by atoms with Gasteiger partial charge >= 0.3 is 0 Å². The highest BCUT2D eigenvalue weighted by Crippen LogP contribution is 2.15.